The Bertz CT molecular complexity index is 1230. The molecule has 2 nitrogen and oxygen atoms in total. The Hall–Kier alpha value is -3.56. The zero-order chi connectivity index (χ0) is 21.6. The molecule has 0 aromatic heterocycles. The molecule has 0 aliphatic heterocycles. The van der Waals surface area contributed by atoms with E-state index in [-0.39, 0.29) is 0 Å². The van der Waals surface area contributed by atoms with Crippen molar-refractivity contribution in [3.8, 4) is 0 Å². The molecule has 31 heavy (non-hydrogen) atoms. The number of benzene rings is 4. The highest BCUT2D eigenvalue weighted by Crippen LogP contribution is 2.32. The SMILES string of the molecule is O=Cc1ccc(/C=C/c2cccc3c(Br)ccc(/C=C/c4ccc(C=O)cc4)c23)cc1. The van der Waals surface area contributed by atoms with Gasteiger partial charge in [-0.3, -0.25) is 9.59 Å². The Balaban J connectivity index is 1.74. The fourth-order valence-electron chi connectivity index (χ4n) is 3.45. The van der Waals surface area contributed by atoms with Crippen LogP contribution in [0.1, 0.15) is 43.0 Å². The molecule has 3 heteroatoms. The largest absolute Gasteiger partial charge is 0.298 e. The topological polar surface area (TPSA) is 34.1 Å². The molecular weight excluding hydrogens is 448 g/mol. The van der Waals surface area contributed by atoms with Gasteiger partial charge in [0.1, 0.15) is 12.6 Å². The minimum atomic E-state index is 0.667. The highest BCUT2D eigenvalue weighted by atomic mass is 79.9. The molecule has 4 aromatic carbocycles. The van der Waals surface area contributed by atoms with Crippen molar-refractivity contribution in [3.05, 3.63) is 117 Å². The van der Waals surface area contributed by atoms with E-state index in [0.717, 1.165) is 50.1 Å². The van der Waals surface area contributed by atoms with Crippen LogP contribution in [0.4, 0.5) is 0 Å². The fourth-order valence-corrected chi connectivity index (χ4v) is 3.91. The highest BCUT2D eigenvalue weighted by Gasteiger charge is 2.06. The van der Waals surface area contributed by atoms with Gasteiger partial charge in [-0.05, 0) is 39.1 Å². The summed E-state index contributed by atoms with van der Waals surface area (Å²) < 4.78 is 1.04. The van der Waals surface area contributed by atoms with Gasteiger partial charge in [0.05, 0.1) is 0 Å². The summed E-state index contributed by atoms with van der Waals surface area (Å²) in [6, 6.07) is 25.4. The van der Waals surface area contributed by atoms with Crippen LogP contribution in [-0.4, -0.2) is 12.6 Å². The molecule has 0 spiro atoms. The van der Waals surface area contributed by atoms with E-state index in [4.69, 9.17) is 0 Å². The molecule has 0 unspecified atom stereocenters. The number of aldehydes is 2. The van der Waals surface area contributed by atoms with Crippen molar-refractivity contribution in [1.82, 2.24) is 0 Å². The Morgan fingerprint density at radius 2 is 1.00 bits per heavy atom. The van der Waals surface area contributed by atoms with E-state index in [2.05, 4.69) is 64.5 Å². The third kappa shape index (κ3) is 4.79. The number of fused-ring (bicyclic) bond motifs is 1. The normalized spacial score (nSPS) is 11.4. The molecule has 0 aliphatic carbocycles. The van der Waals surface area contributed by atoms with Crippen molar-refractivity contribution >= 4 is 63.6 Å². The van der Waals surface area contributed by atoms with Crippen LogP contribution in [0.15, 0.2) is 83.3 Å². The van der Waals surface area contributed by atoms with Gasteiger partial charge in [0.25, 0.3) is 0 Å². The zero-order valence-corrected chi connectivity index (χ0v) is 18.3. The van der Waals surface area contributed by atoms with Crippen LogP contribution >= 0.6 is 15.9 Å². The highest BCUT2D eigenvalue weighted by molar-refractivity contribution is 9.10. The molecule has 4 aromatic rings. The smallest absolute Gasteiger partial charge is 0.150 e. The number of carbonyl (C=O) groups is 2. The average Bonchev–Trinajstić information content (AvgIpc) is 2.83. The van der Waals surface area contributed by atoms with Gasteiger partial charge >= 0.3 is 0 Å². The predicted octanol–water partition coefficient (Wildman–Crippen LogP) is 7.57. The summed E-state index contributed by atoms with van der Waals surface area (Å²) in [6.45, 7) is 0. The second-order valence-electron chi connectivity index (χ2n) is 7.14. The van der Waals surface area contributed by atoms with E-state index in [1.807, 2.05) is 54.6 Å². The summed E-state index contributed by atoms with van der Waals surface area (Å²) in [6.07, 6.45) is 10.00. The Morgan fingerprint density at radius 3 is 1.52 bits per heavy atom. The summed E-state index contributed by atoms with van der Waals surface area (Å²) in [4.78, 5) is 21.7. The standard InChI is InChI=1S/C28H19BrO2/c29-27-17-16-25(15-13-21-6-10-23(19-31)11-7-21)28-24(2-1-3-26(27)28)14-12-20-4-8-22(18-30)9-5-20/h1-19H/b14-12+,15-13+. The summed E-state index contributed by atoms with van der Waals surface area (Å²) in [5.41, 5.74) is 5.61. The number of hydrogen-bond acceptors (Lipinski definition) is 2. The quantitative estimate of drug-likeness (QED) is 0.217. The monoisotopic (exact) mass is 466 g/mol. The molecule has 0 N–H and O–H groups in total. The molecule has 4 rings (SSSR count). The van der Waals surface area contributed by atoms with Gasteiger partial charge < -0.3 is 0 Å². The molecule has 0 heterocycles. The Labute approximate surface area is 189 Å². The van der Waals surface area contributed by atoms with Gasteiger partial charge in [0.15, 0.2) is 0 Å². The molecule has 0 saturated carbocycles. The molecule has 0 radical (unpaired) electrons. The number of rotatable bonds is 6. The zero-order valence-electron chi connectivity index (χ0n) is 16.7. The van der Waals surface area contributed by atoms with Gasteiger partial charge in [-0.25, -0.2) is 0 Å². The van der Waals surface area contributed by atoms with Crippen LogP contribution in [0, 0.1) is 0 Å². The number of halogens is 1. The Kier molecular flexibility index (Phi) is 6.34. The second kappa shape index (κ2) is 9.50. The lowest BCUT2D eigenvalue weighted by Gasteiger charge is -2.09. The maximum Gasteiger partial charge on any atom is 0.150 e. The van der Waals surface area contributed by atoms with E-state index >= 15 is 0 Å². The first-order chi connectivity index (χ1) is 15.2. The summed E-state index contributed by atoms with van der Waals surface area (Å²) in [7, 11) is 0. The summed E-state index contributed by atoms with van der Waals surface area (Å²) in [5, 5.41) is 2.29. The van der Waals surface area contributed by atoms with Crippen molar-refractivity contribution in [3.63, 3.8) is 0 Å². The van der Waals surface area contributed by atoms with Crippen molar-refractivity contribution < 1.29 is 9.59 Å². The molecule has 150 valence electrons. The summed E-state index contributed by atoms with van der Waals surface area (Å²) >= 11 is 3.67. The van der Waals surface area contributed by atoms with Gasteiger partial charge in [0.2, 0.25) is 0 Å². The van der Waals surface area contributed by atoms with Crippen LogP contribution in [0.2, 0.25) is 0 Å². The van der Waals surface area contributed by atoms with Crippen LogP contribution in [0.5, 0.6) is 0 Å². The first-order valence-electron chi connectivity index (χ1n) is 9.86. The lowest BCUT2D eigenvalue weighted by molar-refractivity contribution is 0.111. The molecule has 0 atom stereocenters. The third-order valence-electron chi connectivity index (χ3n) is 5.11. The minimum absolute atomic E-state index is 0.667. The van der Waals surface area contributed by atoms with Gasteiger partial charge in [-0.15, -0.1) is 0 Å². The van der Waals surface area contributed by atoms with Crippen LogP contribution in [0.25, 0.3) is 35.1 Å². The van der Waals surface area contributed by atoms with Crippen LogP contribution in [-0.2, 0) is 0 Å². The lowest BCUT2D eigenvalue weighted by atomic mass is 9.97. The maximum atomic E-state index is 10.9. The van der Waals surface area contributed by atoms with Gasteiger partial charge in [-0.1, -0.05) is 113 Å². The number of carbonyl (C=O) groups excluding carboxylic acids is 2. The van der Waals surface area contributed by atoms with E-state index < -0.39 is 0 Å². The van der Waals surface area contributed by atoms with Gasteiger partial charge in [0, 0.05) is 15.6 Å². The average molecular weight is 467 g/mol. The molecule has 0 saturated heterocycles. The summed E-state index contributed by atoms with van der Waals surface area (Å²) in [5.74, 6) is 0. The van der Waals surface area contributed by atoms with Crippen molar-refractivity contribution in [2.75, 3.05) is 0 Å². The number of hydrogen-bond donors (Lipinski definition) is 0. The molecule has 0 fully saturated rings. The second-order valence-corrected chi connectivity index (χ2v) is 8.00. The minimum Gasteiger partial charge on any atom is -0.298 e. The fraction of sp³-hybridized carbons (Fsp3) is 0. The first-order valence-corrected chi connectivity index (χ1v) is 10.6. The third-order valence-corrected chi connectivity index (χ3v) is 5.80. The molecule has 0 amide bonds. The van der Waals surface area contributed by atoms with Crippen molar-refractivity contribution in [2.45, 2.75) is 0 Å². The predicted molar refractivity (Wildman–Crippen MR) is 133 cm³/mol. The Morgan fingerprint density at radius 1 is 0.516 bits per heavy atom. The van der Waals surface area contributed by atoms with E-state index in [9.17, 15) is 9.59 Å². The molecule has 0 aliphatic rings. The van der Waals surface area contributed by atoms with Gasteiger partial charge in [-0.2, -0.15) is 0 Å². The van der Waals surface area contributed by atoms with Crippen molar-refractivity contribution in [1.29, 1.82) is 0 Å². The van der Waals surface area contributed by atoms with E-state index in [0.29, 0.717) is 11.1 Å². The van der Waals surface area contributed by atoms with Crippen LogP contribution < -0.4 is 0 Å². The van der Waals surface area contributed by atoms with E-state index in [1.165, 1.54) is 0 Å². The maximum absolute atomic E-state index is 10.9. The lowest BCUT2D eigenvalue weighted by Crippen LogP contribution is -1.85. The molecule has 0 bridgehead atoms. The van der Waals surface area contributed by atoms with Crippen molar-refractivity contribution in [2.24, 2.45) is 0 Å². The molecular formula is C28H19BrO2. The first kappa shape index (κ1) is 20.7. The van der Waals surface area contributed by atoms with Crippen LogP contribution in [0.3, 0.4) is 0 Å². The van der Waals surface area contributed by atoms with E-state index in [1.54, 1.807) is 0 Å².